The van der Waals surface area contributed by atoms with Crippen LogP contribution in [0.5, 0.6) is 5.88 Å². The zero-order chi connectivity index (χ0) is 16.2. The molecule has 2 aromatic heterocycles. The first-order chi connectivity index (χ1) is 11.1. The van der Waals surface area contributed by atoms with Gasteiger partial charge in [-0.1, -0.05) is 18.2 Å². The molecule has 118 valence electrons. The smallest absolute Gasteiger partial charge is 0.274 e. The molecule has 0 aliphatic heterocycles. The number of nitrogens with one attached hydrogen (secondary N) is 2. The van der Waals surface area contributed by atoms with Crippen molar-refractivity contribution >= 4 is 22.5 Å². The van der Waals surface area contributed by atoms with E-state index in [9.17, 15) is 13.6 Å². The van der Waals surface area contributed by atoms with Crippen LogP contribution in [0.1, 0.15) is 10.5 Å². The van der Waals surface area contributed by atoms with E-state index in [0.29, 0.717) is 11.2 Å². The lowest BCUT2D eigenvalue weighted by Gasteiger charge is -2.08. The fourth-order valence-corrected chi connectivity index (χ4v) is 2.03. The third-order valence-electron chi connectivity index (χ3n) is 3.04. The van der Waals surface area contributed by atoms with Crippen LogP contribution < -0.4 is 10.1 Å². The predicted molar refractivity (Wildman–Crippen MR) is 79.8 cm³/mol. The van der Waals surface area contributed by atoms with E-state index in [1.807, 2.05) is 6.07 Å². The largest absolute Gasteiger partial charge is 0.472 e. The first-order valence-corrected chi connectivity index (χ1v) is 6.75. The van der Waals surface area contributed by atoms with Crippen molar-refractivity contribution in [3.05, 3.63) is 48.3 Å². The molecule has 23 heavy (non-hydrogen) atoms. The lowest BCUT2D eigenvalue weighted by Crippen LogP contribution is -2.15. The van der Waals surface area contributed by atoms with E-state index in [2.05, 4.69) is 20.5 Å². The van der Waals surface area contributed by atoms with Crippen molar-refractivity contribution in [2.45, 2.75) is 6.43 Å². The average Bonchev–Trinajstić information content (AvgIpc) is 3.03. The van der Waals surface area contributed by atoms with Crippen LogP contribution in [0.15, 0.2) is 42.6 Å². The summed E-state index contributed by atoms with van der Waals surface area (Å²) in [5.41, 5.74) is 1.30. The van der Waals surface area contributed by atoms with Gasteiger partial charge in [0.25, 0.3) is 12.3 Å². The van der Waals surface area contributed by atoms with Crippen molar-refractivity contribution in [3.8, 4) is 5.88 Å². The Bertz CT molecular complexity index is 835. The number of hydrogen-bond acceptors (Lipinski definition) is 4. The number of carbonyl (C=O) groups is 1. The summed E-state index contributed by atoms with van der Waals surface area (Å²) >= 11 is 0. The summed E-state index contributed by atoms with van der Waals surface area (Å²) in [5.74, 6) is -0.507. The third kappa shape index (κ3) is 3.42. The van der Waals surface area contributed by atoms with Gasteiger partial charge in [0.15, 0.2) is 6.61 Å². The van der Waals surface area contributed by atoms with Crippen LogP contribution in [-0.4, -0.2) is 34.1 Å². The molecule has 0 saturated carbocycles. The number of aromatic amines is 1. The number of alkyl halides is 2. The molecule has 6 nitrogen and oxygen atoms in total. The number of pyridine rings is 1. The summed E-state index contributed by atoms with van der Waals surface area (Å²) in [4.78, 5) is 16.2. The number of anilines is 1. The lowest BCUT2D eigenvalue weighted by atomic mass is 10.2. The summed E-state index contributed by atoms with van der Waals surface area (Å²) in [6.07, 6.45) is -0.963. The molecule has 8 heteroatoms. The molecular formula is C15H12F2N4O2. The second-order valence-electron chi connectivity index (χ2n) is 4.66. The summed E-state index contributed by atoms with van der Waals surface area (Å²) in [7, 11) is 0. The van der Waals surface area contributed by atoms with Crippen LogP contribution in [0.25, 0.3) is 10.9 Å². The number of ether oxygens (including phenoxy) is 1. The summed E-state index contributed by atoms with van der Waals surface area (Å²) in [6.45, 7) is -0.772. The molecule has 0 fully saturated rings. The molecule has 2 heterocycles. The van der Waals surface area contributed by atoms with Gasteiger partial charge in [0, 0.05) is 11.5 Å². The van der Waals surface area contributed by atoms with Gasteiger partial charge in [0.05, 0.1) is 17.4 Å². The maximum Gasteiger partial charge on any atom is 0.274 e. The van der Waals surface area contributed by atoms with Gasteiger partial charge < -0.3 is 10.1 Å². The van der Waals surface area contributed by atoms with Gasteiger partial charge in [-0.3, -0.25) is 9.89 Å². The minimum atomic E-state index is -2.60. The zero-order valence-electron chi connectivity index (χ0n) is 11.8. The molecule has 3 rings (SSSR count). The normalized spacial score (nSPS) is 10.9. The Morgan fingerprint density at radius 1 is 1.26 bits per heavy atom. The van der Waals surface area contributed by atoms with E-state index in [1.165, 1.54) is 18.2 Å². The highest BCUT2D eigenvalue weighted by atomic mass is 19.3. The van der Waals surface area contributed by atoms with Crippen LogP contribution in [0.3, 0.4) is 0 Å². The number of para-hydroxylation sites is 1. The molecule has 0 spiro atoms. The fraction of sp³-hybridized carbons (Fsp3) is 0.133. The molecule has 2 N–H and O–H groups in total. The van der Waals surface area contributed by atoms with Crippen molar-refractivity contribution in [1.29, 1.82) is 0 Å². The second-order valence-corrected chi connectivity index (χ2v) is 4.66. The summed E-state index contributed by atoms with van der Waals surface area (Å²) in [6, 6.07) is 9.75. The Morgan fingerprint density at radius 3 is 2.91 bits per heavy atom. The fourth-order valence-electron chi connectivity index (χ4n) is 2.03. The Morgan fingerprint density at radius 2 is 2.09 bits per heavy atom. The standard InChI is InChI=1S/C15H12F2N4O2/c16-12(17)8-23-13-6-2-5-11(19-13)15(22)20-10-4-1-3-9-7-18-21-14(9)10/h1-7,12H,8H2,(H,18,21)(H,20,22). The lowest BCUT2D eigenvalue weighted by molar-refractivity contribution is 0.0794. The monoisotopic (exact) mass is 318 g/mol. The highest BCUT2D eigenvalue weighted by molar-refractivity contribution is 6.07. The number of nitrogens with zero attached hydrogens (tertiary/aromatic N) is 2. The highest BCUT2D eigenvalue weighted by Crippen LogP contribution is 2.21. The number of rotatable bonds is 5. The van der Waals surface area contributed by atoms with E-state index < -0.39 is 18.9 Å². The number of halogens is 2. The SMILES string of the molecule is O=C(Nc1cccc2cn[nH]c12)c1cccc(OCC(F)F)n1. The van der Waals surface area contributed by atoms with Crippen molar-refractivity contribution in [2.24, 2.45) is 0 Å². The van der Waals surface area contributed by atoms with Gasteiger partial charge in [-0.15, -0.1) is 0 Å². The van der Waals surface area contributed by atoms with Gasteiger partial charge in [0.2, 0.25) is 5.88 Å². The maximum absolute atomic E-state index is 12.3. The van der Waals surface area contributed by atoms with Crippen molar-refractivity contribution in [3.63, 3.8) is 0 Å². The molecule has 0 aliphatic rings. The van der Waals surface area contributed by atoms with Gasteiger partial charge >= 0.3 is 0 Å². The first kappa shape index (κ1) is 14.9. The van der Waals surface area contributed by atoms with Gasteiger partial charge in [-0.05, 0) is 12.1 Å². The van der Waals surface area contributed by atoms with Crippen LogP contribution in [-0.2, 0) is 0 Å². The Kier molecular flexibility index (Phi) is 4.13. The van der Waals surface area contributed by atoms with E-state index in [1.54, 1.807) is 18.3 Å². The Labute approximate surface area is 129 Å². The number of carbonyl (C=O) groups excluding carboxylic acids is 1. The Hall–Kier alpha value is -3.03. The van der Waals surface area contributed by atoms with Crippen molar-refractivity contribution in [2.75, 3.05) is 11.9 Å². The zero-order valence-corrected chi connectivity index (χ0v) is 11.8. The number of amides is 1. The van der Waals surface area contributed by atoms with Crippen LogP contribution in [0.2, 0.25) is 0 Å². The molecule has 0 bridgehead atoms. The molecule has 3 aromatic rings. The molecule has 1 amide bonds. The van der Waals surface area contributed by atoms with Gasteiger partial charge in [-0.25, -0.2) is 13.8 Å². The summed E-state index contributed by atoms with van der Waals surface area (Å²) < 4.78 is 29.1. The topological polar surface area (TPSA) is 79.9 Å². The van der Waals surface area contributed by atoms with Gasteiger partial charge in [-0.2, -0.15) is 5.10 Å². The van der Waals surface area contributed by atoms with Crippen LogP contribution in [0.4, 0.5) is 14.5 Å². The maximum atomic E-state index is 12.3. The Balaban J connectivity index is 1.78. The number of H-pyrrole nitrogens is 1. The van der Waals surface area contributed by atoms with Crippen molar-refractivity contribution < 1.29 is 18.3 Å². The molecule has 0 radical (unpaired) electrons. The second kappa shape index (κ2) is 6.39. The molecule has 1 aromatic carbocycles. The molecule has 0 atom stereocenters. The number of benzene rings is 1. The number of fused-ring (bicyclic) bond motifs is 1. The minimum absolute atomic E-state index is 0.0299. The number of aromatic nitrogens is 3. The molecular weight excluding hydrogens is 306 g/mol. The third-order valence-corrected chi connectivity index (χ3v) is 3.04. The van der Waals surface area contributed by atoms with Crippen molar-refractivity contribution in [1.82, 2.24) is 15.2 Å². The van der Waals surface area contributed by atoms with E-state index in [0.717, 1.165) is 5.39 Å². The van der Waals surface area contributed by atoms with Crippen LogP contribution in [0, 0.1) is 0 Å². The van der Waals surface area contributed by atoms with E-state index >= 15 is 0 Å². The first-order valence-electron chi connectivity index (χ1n) is 6.75. The summed E-state index contributed by atoms with van der Waals surface area (Å²) in [5, 5.41) is 10.3. The molecule has 0 saturated heterocycles. The average molecular weight is 318 g/mol. The number of hydrogen-bond donors (Lipinski definition) is 2. The van der Waals surface area contributed by atoms with Gasteiger partial charge in [0.1, 0.15) is 5.69 Å². The predicted octanol–water partition coefficient (Wildman–Crippen LogP) is 2.85. The van der Waals surface area contributed by atoms with E-state index in [-0.39, 0.29) is 11.6 Å². The molecule has 0 unspecified atom stereocenters. The molecule has 0 aliphatic carbocycles. The minimum Gasteiger partial charge on any atom is -0.472 e. The highest BCUT2D eigenvalue weighted by Gasteiger charge is 2.12. The van der Waals surface area contributed by atoms with Crippen LogP contribution >= 0.6 is 0 Å². The van der Waals surface area contributed by atoms with E-state index in [4.69, 9.17) is 4.74 Å². The quantitative estimate of drug-likeness (QED) is 0.758.